The summed E-state index contributed by atoms with van der Waals surface area (Å²) in [6, 6.07) is 3.53. The average molecular weight is 225 g/mol. The Bertz CT molecular complexity index is 430. The van der Waals surface area contributed by atoms with Crippen LogP contribution in [0.4, 0.5) is 0 Å². The summed E-state index contributed by atoms with van der Waals surface area (Å²) in [5, 5.41) is 10.9. The first kappa shape index (κ1) is 7.49. The summed E-state index contributed by atoms with van der Waals surface area (Å²) in [5.41, 5.74) is 0. The van der Waals surface area contributed by atoms with Crippen molar-refractivity contribution in [2.75, 3.05) is 0 Å². The molecule has 0 fully saturated rings. The molecule has 0 spiro atoms. The second-order valence-corrected chi connectivity index (χ2v) is 3.18. The van der Waals surface area contributed by atoms with Gasteiger partial charge in [-0.3, -0.25) is 0 Å². The van der Waals surface area contributed by atoms with E-state index in [0.29, 0.717) is 9.99 Å². The van der Waals surface area contributed by atoms with Crippen LogP contribution in [-0.2, 0) is 0 Å². The number of halogens is 1. The molecule has 0 bridgehead atoms. The molecular weight excluding hydrogens is 220 g/mol. The van der Waals surface area contributed by atoms with Gasteiger partial charge in [-0.1, -0.05) is 0 Å². The number of aromatic hydroxyl groups is 1. The third-order valence-electron chi connectivity index (χ3n) is 1.59. The summed E-state index contributed by atoms with van der Waals surface area (Å²) < 4.78 is 0.693. The van der Waals surface area contributed by atoms with Crippen molar-refractivity contribution < 1.29 is 5.11 Å². The summed E-state index contributed by atoms with van der Waals surface area (Å²) in [4.78, 5) is 7.78. The van der Waals surface area contributed by atoms with Gasteiger partial charge in [0, 0.05) is 23.2 Å². The van der Waals surface area contributed by atoms with E-state index in [1.807, 2.05) is 0 Å². The Balaban J connectivity index is 2.88. The zero-order valence-corrected chi connectivity index (χ0v) is 7.62. The Morgan fingerprint density at radius 2 is 2.17 bits per heavy atom. The van der Waals surface area contributed by atoms with Crippen LogP contribution in [0, 0.1) is 0 Å². The van der Waals surface area contributed by atoms with Gasteiger partial charge in [0.15, 0.2) is 0 Å². The van der Waals surface area contributed by atoms with Crippen LogP contribution in [0.2, 0.25) is 0 Å². The lowest BCUT2D eigenvalue weighted by Crippen LogP contribution is -1.80. The van der Waals surface area contributed by atoms with E-state index in [1.54, 1.807) is 24.5 Å². The number of aromatic nitrogens is 2. The first-order valence-electron chi connectivity index (χ1n) is 3.36. The highest BCUT2D eigenvalue weighted by Crippen LogP contribution is 2.23. The summed E-state index contributed by atoms with van der Waals surface area (Å²) >= 11 is 3.22. The van der Waals surface area contributed by atoms with E-state index in [0.717, 1.165) is 5.39 Å². The van der Waals surface area contributed by atoms with Crippen molar-refractivity contribution in [2.24, 2.45) is 0 Å². The van der Waals surface area contributed by atoms with Crippen LogP contribution in [0.3, 0.4) is 0 Å². The van der Waals surface area contributed by atoms with Crippen molar-refractivity contribution in [2.45, 2.75) is 0 Å². The van der Waals surface area contributed by atoms with Crippen molar-refractivity contribution in [1.82, 2.24) is 9.97 Å². The minimum Gasteiger partial charge on any atom is -0.493 e. The molecule has 2 aromatic heterocycles. The lowest BCUT2D eigenvalue weighted by molar-refractivity contribution is 0.460. The van der Waals surface area contributed by atoms with Crippen LogP contribution in [0.25, 0.3) is 10.8 Å². The quantitative estimate of drug-likeness (QED) is 0.698. The van der Waals surface area contributed by atoms with Gasteiger partial charge in [-0.05, 0) is 28.1 Å². The molecule has 0 aliphatic rings. The second kappa shape index (κ2) is 2.71. The molecule has 0 saturated carbocycles. The largest absolute Gasteiger partial charge is 0.493 e. The molecule has 0 radical (unpaired) electrons. The topological polar surface area (TPSA) is 46.0 Å². The molecule has 12 heavy (non-hydrogen) atoms. The van der Waals surface area contributed by atoms with Crippen LogP contribution in [0.15, 0.2) is 29.1 Å². The van der Waals surface area contributed by atoms with E-state index in [1.165, 1.54) is 0 Å². The van der Waals surface area contributed by atoms with E-state index in [4.69, 9.17) is 0 Å². The third-order valence-corrected chi connectivity index (χ3v) is 2.03. The Labute approximate surface area is 77.2 Å². The van der Waals surface area contributed by atoms with Crippen LogP contribution in [-0.4, -0.2) is 15.1 Å². The molecule has 0 unspecified atom stereocenters. The van der Waals surface area contributed by atoms with Gasteiger partial charge in [-0.2, -0.15) is 0 Å². The zero-order valence-electron chi connectivity index (χ0n) is 6.03. The monoisotopic (exact) mass is 224 g/mol. The summed E-state index contributed by atoms with van der Waals surface area (Å²) in [7, 11) is 0. The van der Waals surface area contributed by atoms with Crippen LogP contribution < -0.4 is 0 Å². The van der Waals surface area contributed by atoms with Gasteiger partial charge in [0.25, 0.3) is 0 Å². The number of fused-ring (bicyclic) bond motifs is 1. The molecule has 0 amide bonds. The molecular formula is C8H5BrN2O. The maximum Gasteiger partial charge on any atom is 0.218 e. The summed E-state index contributed by atoms with van der Waals surface area (Å²) in [6.07, 6.45) is 3.23. The maximum absolute atomic E-state index is 9.34. The molecule has 0 aromatic carbocycles. The average Bonchev–Trinajstić information content (AvgIpc) is 2.07. The lowest BCUT2D eigenvalue weighted by Gasteiger charge is -1.98. The highest BCUT2D eigenvalue weighted by Gasteiger charge is 2.00. The molecule has 4 heteroatoms. The highest BCUT2D eigenvalue weighted by atomic mass is 79.9. The lowest BCUT2D eigenvalue weighted by atomic mass is 10.2. The maximum atomic E-state index is 9.34. The molecule has 2 heterocycles. The SMILES string of the molecule is Oc1nccc2cnc(Br)cc12. The van der Waals surface area contributed by atoms with Gasteiger partial charge in [0.2, 0.25) is 5.88 Å². The fraction of sp³-hybridized carbons (Fsp3) is 0. The number of hydrogen-bond acceptors (Lipinski definition) is 3. The van der Waals surface area contributed by atoms with Crippen molar-refractivity contribution >= 4 is 26.7 Å². The van der Waals surface area contributed by atoms with Gasteiger partial charge in [0.1, 0.15) is 4.60 Å². The van der Waals surface area contributed by atoms with Crippen molar-refractivity contribution in [3.05, 3.63) is 29.1 Å². The van der Waals surface area contributed by atoms with Gasteiger partial charge < -0.3 is 5.11 Å². The van der Waals surface area contributed by atoms with E-state index in [2.05, 4.69) is 25.9 Å². The minimum absolute atomic E-state index is 0.0376. The molecule has 60 valence electrons. The molecule has 2 rings (SSSR count). The van der Waals surface area contributed by atoms with Gasteiger partial charge in [-0.15, -0.1) is 0 Å². The minimum atomic E-state index is 0.0376. The number of rotatable bonds is 0. The fourth-order valence-electron chi connectivity index (χ4n) is 1.02. The summed E-state index contributed by atoms with van der Waals surface area (Å²) in [5.74, 6) is 0.0376. The van der Waals surface area contributed by atoms with E-state index < -0.39 is 0 Å². The predicted molar refractivity (Wildman–Crippen MR) is 48.9 cm³/mol. The molecule has 2 aromatic rings. The molecule has 3 nitrogen and oxygen atoms in total. The molecule has 1 N–H and O–H groups in total. The van der Waals surface area contributed by atoms with Crippen molar-refractivity contribution in [3.63, 3.8) is 0 Å². The smallest absolute Gasteiger partial charge is 0.218 e. The first-order chi connectivity index (χ1) is 5.77. The van der Waals surface area contributed by atoms with E-state index in [-0.39, 0.29) is 5.88 Å². The Kier molecular flexibility index (Phi) is 1.69. The van der Waals surface area contributed by atoms with Crippen molar-refractivity contribution in [1.29, 1.82) is 0 Å². The predicted octanol–water partition coefficient (Wildman–Crippen LogP) is 2.10. The van der Waals surface area contributed by atoms with Crippen LogP contribution in [0.5, 0.6) is 5.88 Å². The molecule has 0 aliphatic carbocycles. The van der Waals surface area contributed by atoms with Crippen LogP contribution >= 0.6 is 15.9 Å². The highest BCUT2D eigenvalue weighted by molar-refractivity contribution is 9.10. The number of pyridine rings is 2. The number of nitrogens with zero attached hydrogens (tertiary/aromatic N) is 2. The fourth-order valence-corrected chi connectivity index (χ4v) is 1.36. The Hall–Kier alpha value is -1.16. The second-order valence-electron chi connectivity index (χ2n) is 2.36. The third kappa shape index (κ3) is 1.14. The summed E-state index contributed by atoms with van der Waals surface area (Å²) in [6.45, 7) is 0. The number of hydrogen-bond donors (Lipinski definition) is 1. The standard InChI is InChI=1S/C8H5BrN2O/c9-7-3-6-5(4-11-7)1-2-10-8(6)12/h1-4H,(H,10,12). The van der Waals surface area contributed by atoms with E-state index in [9.17, 15) is 5.11 Å². The Morgan fingerprint density at radius 1 is 1.33 bits per heavy atom. The molecule has 0 saturated heterocycles. The van der Waals surface area contributed by atoms with E-state index >= 15 is 0 Å². The van der Waals surface area contributed by atoms with Crippen molar-refractivity contribution in [3.8, 4) is 5.88 Å². The van der Waals surface area contributed by atoms with Crippen LogP contribution in [0.1, 0.15) is 0 Å². The Morgan fingerprint density at radius 3 is 3.00 bits per heavy atom. The van der Waals surface area contributed by atoms with Gasteiger partial charge >= 0.3 is 0 Å². The molecule has 0 atom stereocenters. The zero-order chi connectivity index (χ0) is 8.55. The van der Waals surface area contributed by atoms with Gasteiger partial charge in [0.05, 0.1) is 0 Å². The normalized spacial score (nSPS) is 10.4. The van der Waals surface area contributed by atoms with Gasteiger partial charge in [-0.25, -0.2) is 9.97 Å². The first-order valence-corrected chi connectivity index (χ1v) is 4.16. The molecule has 0 aliphatic heterocycles.